The molecular weight excluding hydrogens is 277 g/mol. The SMILES string of the molecule is Cc1nn(C)c(Cl)c1CC(C)(N)Cc1cccc(F)c1. The van der Waals surface area contributed by atoms with Gasteiger partial charge in [0.25, 0.3) is 0 Å². The van der Waals surface area contributed by atoms with Crippen LogP contribution in [-0.2, 0) is 19.9 Å². The molecule has 5 heteroatoms. The highest BCUT2D eigenvalue weighted by molar-refractivity contribution is 6.30. The number of halogens is 2. The van der Waals surface area contributed by atoms with Gasteiger partial charge in [-0.2, -0.15) is 5.10 Å². The fourth-order valence-electron chi connectivity index (χ4n) is 2.45. The second kappa shape index (κ2) is 5.54. The normalized spacial score (nSPS) is 14.3. The molecule has 0 saturated carbocycles. The van der Waals surface area contributed by atoms with Gasteiger partial charge >= 0.3 is 0 Å². The van der Waals surface area contributed by atoms with Gasteiger partial charge in [0.15, 0.2) is 0 Å². The molecular formula is C15H19ClFN3. The van der Waals surface area contributed by atoms with E-state index in [1.165, 1.54) is 12.1 Å². The maximum Gasteiger partial charge on any atom is 0.130 e. The Morgan fingerprint density at radius 3 is 2.65 bits per heavy atom. The van der Waals surface area contributed by atoms with E-state index in [1.54, 1.807) is 17.8 Å². The van der Waals surface area contributed by atoms with E-state index in [9.17, 15) is 4.39 Å². The molecule has 0 saturated heterocycles. The van der Waals surface area contributed by atoms with Gasteiger partial charge in [0.2, 0.25) is 0 Å². The van der Waals surface area contributed by atoms with Crippen LogP contribution in [0.15, 0.2) is 24.3 Å². The van der Waals surface area contributed by atoms with Crippen LogP contribution in [0.1, 0.15) is 23.7 Å². The molecule has 1 aromatic carbocycles. The van der Waals surface area contributed by atoms with Crippen molar-refractivity contribution >= 4 is 11.6 Å². The second-order valence-corrected chi connectivity index (χ2v) is 5.97. The molecule has 0 aliphatic carbocycles. The number of aryl methyl sites for hydroxylation is 2. The van der Waals surface area contributed by atoms with Crippen molar-refractivity contribution in [2.24, 2.45) is 12.8 Å². The predicted molar refractivity (Wildman–Crippen MR) is 79.4 cm³/mol. The minimum atomic E-state index is -0.509. The lowest BCUT2D eigenvalue weighted by molar-refractivity contribution is 0.460. The van der Waals surface area contributed by atoms with Crippen molar-refractivity contribution in [3.05, 3.63) is 52.1 Å². The molecule has 0 amide bonds. The monoisotopic (exact) mass is 295 g/mol. The second-order valence-electron chi connectivity index (χ2n) is 5.62. The van der Waals surface area contributed by atoms with Crippen molar-refractivity contribution < 1.29 is 4.39 Å². The van der Waals surface area contributed by atoms with Crippen LogP contribution < -0.4 is 5.73 Å². The van der Waals surface area contributed by atoms with Gasteiger partial charge < -0.3 is 5.73 Å². The largest absolute Gasteiger partial charge is 0.325 e. The molecule has 108 valence electrons. The summed E-state index contributed by atoms with van der Waals surface area (Å²) in [4.78, 5) is 0. The number of benzene rings is 1. The molecule has 1 heterocycles. The van der Waals surface area contributed by atoms with E-state index < -0.39 is 5.54 Å². The first-order valence-electron chi connectivity index (χ1n) is 6.50. The smallest absolute Gasteiger partial charge is 0.130 e. The number of nitrogens with two attached hydrogens (primary N) is 1. The number of rotatable bonds is 4. The molecule has 2 aromatic rings. The van der Waals surface area contributed by atoms with E-state index in [-0.39, 0.29) is 5.82 Å². The van der Waals surface area contributed by atoms with Crippen LogP contribution in [0.5, 0.6) is 0 Å². The summed E-state index contributed by atoms with van der Waals surface area (Å²) in [5, 5.41) is 4.89. The van der Waals surface area contributed by atoms with E-state index in [4.69, 9.17) is 17.3 Å². The maximum absolute atomic E-state index is 13.2. The highest BCUT2D eigenvalue weighted by Crippen LogP contribution is 2.25. The molecule has 2 N–H and O–H groups in total. The van der Waals surface area contributed by atoms with Crippen LogP contribution in [0.3, 0.4) is 0 Å². The quantitative estimate of drug-likeness (QED) is 0.942. The van der Waals surface area contributed by atoms with E-state index >= 15 is 0 Å². The highest BCUT2D eigenvalue weighted by atomic mass is 35.5. The zero-order chi connectivity index (χ0) is 14.9. The maximum atomic E-state index is 13.2. The van der Waals surface area contributed by atoms with Crippen molar-refractivity contribution in [1.29, 1.82) is 0 Å². The van der Waals surface area contributed by atoms with Crippen molar-refractivity contribution in [2.75, 3.05) is 0 Å². The molecule has 0 bridgehead atoms. The molecule has 1 atom stereocenters. The first-order chi connectivity index (χ1) is 9.28. The Balaban J connectivity index is 2.18. The van der Waals surface area contributed by atoms with E-state index in [1.807, 2.05) is 19.9 Å². The van der Waals surface area contributed by atoms with Crippen molar-refractivity contribution in [3.8, 4) is 0 Å². The lowest BCUT2D eigenvalue weighted by atomic mass is 9.87. The summed E-state index contributed by atoms with van der Waals surface area (Å²) < 4.78 is 14.9. The predicted octanol–water partition coefficient (Wildman–Crippen LogP) is 3.02. The Bertz CT molecular complexity index is 620. The van der Waals surface area contributed by atoms with Gasteiger partial charge in [-0.05, 0) is 44.4 Å². The Morgan fingerprint density at radius 1 is 1.40 bits per heavy atom. The summed E-state index contributed by atoms with van der Waals surface area (Å²) in [5.41, 5.74) is 8.57. The van der Waals surface area contributed by atoms with E-state index in [0.717, 1.165) is 16.8 Å². The fraction of sp³-hybridized carbons (Fsp3) is 0.400. The zero-order valence-corrected chi connectivity index (χ0v) is 12.7. The molecule has 20 heavy (non-hydrogen) atoms. The van der Waals surface area contributed by atoms with Gasteiger partial charge in [0.1, 0.15) is 11.0 Å². The third kappa shape index (κ3) is 3.38. The lowest BCUT2D eigenvalue weighted by Gasteiger charge is -2.25. The van der Waals surface area contributed by atoms with Gasteiger partial charge in [0.05, 0.1) is 5.69 Å². The van der Waals surface area contributed by atoms with Crippen LogP contribution >= 0.6 is 11.6 Å². The van der Waals surface area contributed by atoms with Crippen molar-refractivity contribution in [2.45, 2.75) is 32.2 Å². The fourth-order valence-corrected chi connectivity index (χ4v) is 2.70. The van der Waals surface area contributed by atoms with Crippen LogP contribution in [0.4, 0.5) is 4.39 Å². The number of aromatic nitrogens is 2. The van der Waals surface area contributed by atoms with Crippen LogP contribution in [0.2, 0.25) is 5.15 Å². The van der Waals surface area contributed by atoms with Gasteiger partial charge in [-0.25, -0.2) is 4.39 Å². The summed E-state index contributed by atoms with van der Waals surface area (Å²) in [6.45, 7) is 3.86. The number of hydrogen-bond donors (Lipinski definition) is 1. The molecule has 1 unspecified atom stereocenters. The standard InChI is InChI=1S/C15H19ClFN3/c1-10-13(14(16)20(3)19-10)9-15(2,18)8-11-5-4-6-12(17)7-11/h4-7H,8-9,18H2,1-3H3. The highest BCUT2D eigenvalue weighted by Gasteiger charge is 2.24. The summed E-state index contributed by atoms with van der Waals surface area (Å²) >= 11 is 6.23. The van der Waals surface area contributed by atoms with E-state index in [0.29, 0.717) is 18.0 Å². The minimum absolute atomic E-state index is 0.242. The molecule has 2 rings (SSSR count). The first-order valence-corrected chi connectivity index (χ1v) is 6.87. The van der Waals surface area contributed by atoms with Crippen LogP contribution in [0.25, 0.3) is 0 Å². The Hall–Kier alpha value is -1.39. The number of nitrogens with zero attached hydrogens (tertiary/aromatic N) is 2. The minimum Gasteiger partial charge on any atom is -0.325 e. The average molecular weight is 296 g/mol. The third-order valence-corrected chi connectivity index (χ3v) is 3.82. The van der Waals surface area contributed by atoms with Crippen molar-refractivity contribution in [3.63, 3.8) is 0 Å². The van der Waals surface area contributed by atoms with Crippen LogP contribution in [0, 0.1) is 12.7 Å². The average Bonchev–Trinajstić information content (AvgIpc) is 2.55. The molecule has 0 aliphatic heterocycles. The third-order valence-electron chi connectivity index (χ3n) is 3.35. The van der Waals surface area contributed by atoms with Crippen molar-refractivity contribution in [1.82, 2.24) is 9.78 Å². The van der Waals surface area contributed by atoms with Gasteiger partial charge in [-0.3, -0.25) is 4.68 Å². The number of hydrogen-bond acceptors (Lipinski definition) is 2. The Morgan fingerprint density at radius 2 is 2.10 bits per heavy atom. The van der Waals surface area contributed by atoms with Crippen LogP contribution in [-0.4, -0.2) is 15.3 Å². The molecule has 0 spiro atoms. The molecule has 0 aliphatic rings. The summed E-state index contributed by atoms with van der Waals surface area (Å²) in [6.07, 6.45) is 1.18. The summed E-state index contributed by atoms with van der Waals surface area (Å²) in [7, 11) is 1.80. The summed E-state index contributed by atoms with van der Waals surface area (Å²) in [6, 6.07) is 6.53. The Labute approximate surface area is 123 Å². The van der Waals surface area contributed by atoms with E-state index in [2.05, 4.69) is 5.10 Å². The molecule has 1 aromatic heterocycles. The van der Waals surface area contributed by atoms with Gasteiger partial charge in [-0.1, -0.05) is 23.7 Å². The lowest BCUT2D eigenvalue weighted by Crippen LogP contribution is -2.41. The topological polar surface area (TPSA) is 43.8 Å². The Kier molecular flexibility index (Phi) is 4.16. The zero-order valence-electron chi connectivity index (χ0n) is 12.0. The summed E-state index contributed by atoms with van der Waals surface area (Å²) in [5.74, 6) is -0.242. The first kappa shape index (κ1) is 15.0. The molecule has 3 nitrogen and oxygen atoms in total. The molecule has 0 fully saturated rings. The van der Waals surface area contributed by atoms with Gasteiger partial charge in [-0.15, -0.1) is 0 Å². The molecule has 0 radical (unpaired) electrons. The van der Waals surface area contributed by atoms with Gasteiger partial charge in [0, 0.05) is 18.2 Å².